The number of benzene rings is 2. The fourth-order valence-electron chi connectivity index (χ4n) is 3.91. The second-order valence-corrected chi connectivity index (χ2v) is 7.97. The number of carbonyl (C=O) groups is 1. The number of ether oxygens (including phenoxy) is 3. The van der Waals surface area contributed by atoms with Crippen LogP contribution in [0.3, 0.4) is 0 Å². The van der Waals surface area contributed by atoms with Crippen LogP contribution in [0.1, 0.15) is 43.4 Å². The number of hydrogen-bond donors (Lipinski definition) is 1. The molecule has 3 aromatic rings. The summed E-state index contributed by atoms with van der Waals surface area (Å²) in [4.78, 5) is 11.3. The normalized spacial score (nSPS) is 13.6. The minimum Gasteiger partial charge on any atom is -0.497 e. The summed E-state index contributed by atoms with van der Waals surface area (Å²) in [6.45, 7) is 2.19. The van der Waals surface area contributed by atoms with Crippen molar-refractivity contribution in [3.8, 4) is 28.6 Å². The number of carboxylic acid groups (broad SMARTS) is 1. The van der Waals surface area contributed by atoms with Gasteiger partial charge in [-0.1, -0.05) is 17.3 Å². The van der Waals surface area contributed by atoms with Crippen LogP contribution in [0, 0.1) is 11.7 Å². The van der Waals surface area contributed by atoms with Crippen LogP contribution in [-0.2, 0) is 11.4 Å². The van der Waals surface area contributed by atoms with E-state index < -0.39 is 11.8 Å². The summed E-state index contributed by atoms with van der Waals surface area (Å²) in [5.41, 5.74) is 1.52. The van der Waals surface area contributed by atoms with Gasteiger partial charge in [0.2, 0.25) is 5.76 Å². The first kappa shape index (κ1) is 25.4. The van der Waals surface area contributed by atoms with Gasteiger partial charge in [0.25, 0.3) is 0 Å². The molecule has 1 saturated carbocycles. The summed E-state index contributed by atoms with van der Waals surface area (Å²) >= 11 is 0. The summed E-state index contributed by atoms with van der Waals surface area (Å²) in [5, 5.41) is 13.3. The van der Waals surface area contributed by atoms with Crippen LogP contribution < -0.4 is 14.2 Å². The lowest BCUT2D eigenvalue weighted by Crippen LogP contribution is -2.08. The number of hydrogen-bond acceptors (Lipinski definition) is 6. The smallest absolute Gasteiger partial charge is 0.303 e. The van der Waals surface area contributed by atoms with E-state index in [1.165, 1.54) is 25.3 Å². The van der Waals surface area contributed by atoms with Crippen LogP contribution in [0.25, 0.3) is 11.3 Å². The van der Waals surface area contributed by atoms with E-state index in [0.717, 1.165) is 18.4 Å². The molecule has 0 unspecified atom stereocenters. The van der Waals surface area contributed by atoms with Crippen molar-refractivity contribution >= 4 is 19.5 Å². The van der Waals surface area contributed by atoms with Gasteiger partial charge in [0.05, 0.1) is 25.7 Å². The first-order valence-electron chi connectivity index (χ1n) is 10.9. The highest BCUT2D eigenvalue weighted by Crippen LogP contribution is 2.45. The predicted molar refractivity (Wildman–Crippen MR) is 128 cm³/mol. The molecule has 182 valence electrons. The number of nitrogens with zero attached hydrogens (tertiary/aromatic N) is 1. The molecule has 1 fully saturated rings. The Morgan fingerprint density at radius 3 is 2.68 bits per heavy atom. The predicted octanol–water partition coefficient (Wildman–Crippen LogP) is 5.55. The van der Waals surface area contributed by atoms with Crippen molar-refractivity contribution in [3.63, 3.8) is 0 Å². The average Bonchev–Trinajstić information content (AvgIpc) is 3.58. The van der Waals surface area contributed by atoms with Crippen LogP contribution in [0.2, 0.25) is 0 Å². The third kappa shape index (κ3) is 5.83. The average molecular weight is 490 g/mol. The van der Waals surface area contributed by atoms with Gasteiger partial charge in [0.15, 0.2) is 11.4 Å². The first-order chi connectivity index (χ1) is 16.0. The van der Waals surface area contributed by atoms with Crippen molar-refractivity contribution in [2.75, 3.05) is 13.7 Å². The van der Waals surface area contributed by atoms with E-state index in [2.05, 4.69) is 5.16 Å². The molecule has 4 rings (SSSR count). The minimum atomic E-state index is -0.806. The fourth-order valence-corrected chi connectivity index (χ4v) is 3.91. The topological polar surface area (TPSA) is 91.0 Å². The molecular formula is C25H28FNO6S. The molecule has 9 heteroatoms. The van der Waals surface area contributed by atoms with Crippen LogP contribution in [0.5, 0.6) is 17.2 Å². The Labute approximate surface area is 204 Å². The van der Waals surface area contributed by atoms with Gasteiger partial charge in [0.1, 0.15) is 23.9 Å². The van der Waals surface area contributed by atoms with Gasteiger partial charge in [-0.2, -0.15) is 13.5 Å². The van der Waals surface area contributed by atoms with Crippen molar-refractivity contribution in [2.45, 2.75) is 38.7 Å². The van der Waals surface area contributed by atoms with Crippen molar-refractivity contribution in [1.82, 2.24) is 5.16 Å². The molecule has 1 N–H and O–H groups in total. The van der Waals surface area contributed by atoms with E-state index in [1.807, 2.05) is 25.1 Å². The molecule has 1 aliphatic carbocycles. The lowest BCUT2D eigenvalue weighted by molar-refractivity contribution is -0.137. The van der Waals surface area contributed by atoms with E-state index in [4.69, 9.17) is 18.7 Å². The van der Waals surface area contributed by atoms with Crippen molar-refractivity contribution in [1.29, 1.82) is 0 Å². The number of halogens is 1. The quantitative estimate of drug-likeness (QED) is 0.378. The number of aliphatic carboxylic acids is 1. The second-order valence-electron chi connectivity index (χ2n) is 7.97. The molecule has 0 bridgehead atoms. The third-order valence-electron chi connectivity index (χ3n) is 5.67. The standard InChI is InChI=1S/C25H26FNO6.H2S/c1-3-31-25-22(27-33-24(25)20-12-17(30-2)9-10-21(20)26)14-32-18-6-4-5-16(11-18)19(13-23(28)29)15-7-8-15;/h4-6,9-12,15,19H,3,7-8,13-14H2,1-2H3,(H,28,29);1H2/t19-;/m0./s1. The maximum atomic E-state index is 14.5. The van der Waals surface area contributed by atoms with Crippen molar-refractivity contribution in [3.05, 3.63) is 59.5 Å². The maximum absolute atomic E-state index is 14.5. The van der Waals surface area contributed by atoms with Crippen LogP contribution in [0.15, 0.2) is 47.0 Å². The van der Waals surface area contributed by atoms with Crippen LogP contribution in [-0.4, -0.2) is 29.9 Å². The lowest BCUT2D eigenvalue weighted by Gasteiger charge is -2.16. The van der Waals surface area contributed by atoms with E-state index >= 15 is 0 Å². The van der Waals surface area contributed by atoms with Crippen molar-refractivity contribution in [2.24, 2.45) is 5.92 Å². The summed E-state index contributed by atoms with van der Waals surface area (Å²) in [5.74, 6) is 0.613. The Bertz CT molecular complexity index is 1130. The third-order valence-corrected chi connectivity index (χ3v) is 5.67. The SMILES string of the molecule is CCOc1c(COc2cccc([C@@H](CC(=O)O)C3CC3)c2)noc1-c1cc(OC)ccc1F.S. The molecule has 7 nitrogen and oxygen atoms in total. The van der Waals surface area contributed by atoms with Gasteiger partial charge in [-0.05, 0) is 67.5 Å². The molecular weight excluding hydrogens is 461 g/mol. The van der Waals surface area contributed by atoms with Gasteiger partial charge in [0, 0.05) is 0 Å². The zero-order valence-corrected chi connectivity index (χ0v) is 20.0. The summed E-state index contributed by atoms with van der Waals surface area (Å²) in [6.07, 6.45) is 2.19. The number of aromatic nitrogens is 1. The first-order valence-corrected chi connectivity index (χ1v) is 10.9. The molecule has 1 heterocycles. The van der Waals surface area contributed by atoms with Gasteiger partial charge in [-0.3, -0.25) is 4.79 Å². The molecule has 1 aromatic heterocycles. The molecule has 2 aromatic carbocycles. The highest BCUT2D eigenvalue weighted by molar-refractivity contribution is 7.59. The minimum absolute atomic E-state index is 0. The molecule has 34 heavy (non-hydrogen) atoms. The number of methoxy groups -OCH3 is 1. The Balaban J connectivity index is 0.00000324. The zero-order valence-electron chi connectivity index (χ0n) is 19.0. The Morgan fingerprint density at radius 2 is 2.00 bits per heavy atom. The molecule has 0 amide bonds. The highest BCUT2D eigenvalue weighted by Gasteiger charge is 2.34. The van der Waals surface area contributed by atoms with Gasteiger partial charge in [-0.15, -0.1) is 0 Å². The van der Waals surface area contributed by atoms with Crippen LogP contribution in [0.4, 0.5) is 4.39 Å². The number of carboxylic acids is 1. The second kappa shape index (κ2) is 11.3. The maximum Gasteiger partial charge on any atom is 0.303 e. The largest absolute Gasteiger partial charge is 0.497 e. The molecule has 0 aliphatic heterocycles. The Kier molecular flexibility index (Phi) is 8.44. The van der Waals surface area contributed by atoms with Gasteiger partial charge < -0.3 is 23.8 Å². The monoisotopic (exact) mass is 489 g/mol. The molecule has 0 spiro atoms. The summed E-state index contributed by atoms with van der Waals surface area (Å²) in [7, 11) is 1.50. The molecule has 0 radical (unpaired) electrons. The van der Waals surface area contributed by atoms with E-state index in [-0.39, 0.29) is 43.8 Å². The number of rotatable bonds is 11. The van der Waals surface area contributed by atoms with Crippen LogP contribution >= 0.6 is 13.5 Å². The molecule has 0 saturated heterocycles. The van der Waals surface area contributed by atoms with Gasteiger partial charge in [-0.25, -0.2) is 4.39 Å². The highest BCUT2D eigenvalue weighted by atomic mass is 32.1. The van der Waals surface area contributed by atoms with Crippen molar-refractivity contribution < 1.29 is 33.0 Å². The molecule has 1 aliphatic rings. The lowest BCUT2D eigenvalue weighted by atomic mass is 9.91. The summed E-state index contributed by atoms with van der Waals surface area (Å²) in [6, 6.07) is 11.8. The van der Waals surface area contributed by atoms with E-state index in [1.54, 1.807) is 6.07 Å². The molecule has 1 atom stereocenters. The Hall–Kier alpha value is -3.20. The van der Waals surface area contributed by atoms with Gasteiger partial charge >= 0.3 is 5.97 Å². The zero-order chi connectivity index (χ0) is 23.4. The summed E-state index contributed by atoms with van der Waals surface area (Å²) < 4.78 is 36.7. The van der Waals surface area contributed by atoms with E-state index in [9.17, 15) is 14.3 Å². The fraction of sp³-hybridized carbons (Fsp3) is 0.360. The van der Waals surface area contributed by atoms with E-state index in [0.29, 0.717) is 35.5 Å². The Morgan fingerprint density at radius 1 is 1.21 bits per heavy atom.